The van der Waals surface area contributed by atoms with Crippen molar-refractivity contribution in [3.05, 3.63) is 47.3 Å². The lowest BCUT2D eigenvalue weighted by atomic mass is 9.78. The number of nitrogens with one attached hydrogen (secondary N) is 2. The number of amides is 2. The van der Waals surface area contributed by atoms with Gasteiger partial charge < -0.3 is 15.5 Å². The molecule has 0 aromatic heterocycles. The van der Waals surface area contributed by atoms with Gasteiger partial charge in [0.15, 0.2) is 0 Å². The lowest BCUT2D eigenvalue weighted by molar-refractivity contribution is -0.119. The predicted octanol–water partition coefficient (Wildman–Crippen LogP) is 2.54. The van der Waals surface area contributed by atoms with E-state index < -0.39 is 0 Å². The van der Waals surface area contributed by atoms with Crippen molar-refractivity contribution in [3.63, 3.8) is 0 Å². The highest BCUT2D eigenvalue weighted by Crippen LogP contribution is 2.48. The number of hydrogen-bond donors (Lipinski definition) is 2. The van der Waals surface area contributed by atoms with E-state index in [9.17, 15) is 9.59 Å². The smallest absolute Gasteiger partial charge is 0.271 e. The van der Waals surface area contributed by atoms with Crippen LogP contribution in [0.4, 0.5) is 0 Å². The van der Waals surface area contributed by atoms with Crippen LogP contribution >= 0.6 is 0 Å². The molecule has 28 heavy (non-hydrogen) atoms. The highest BCUT2D eigenvalue weighted by molar-refractivity contribution is 5.96. The number of nitrogens with zero attached hydrogens (tertiary/aromatic N) is 2. The van der Waals surface area contributed by atoms with Crippen LogP contribution in [-0.2, 0) is 4.79 Å². The molecule has 0 spiro atoms. The maximum absolute atomic E-state index is 12.8. The summed E-state index contributed by atoms with van der Waals surface area (Å²) in [7, 11) is 1.93. The van der Waals surface area contributed by atoms with Gasteiger partial charge in [0.25, 0.3) is 11.8 Å². The average molecular weight is 380 g/mol. The summed E-state index contributed by atoms with van der Waals surface area (Å²) in [5.41, 5.74) is 1.75. The third-order valence-electron chi connectivity index (χ3n) is 6.28. The first-order valence-electron chi connectivity index (χ1n) is 10.1. The molecule has 6 nitrogen and oxygen atoms in total. The third-order valence-corrected chi connectivity index (χ3v) is 6.28. The van der Waals surface area contributed by atoms with Crippen LogP contribution in [0.3, 0.4) is 0 Å². The Bertz CT molecular complexity index is 862. The van der Waals surface area contributed by atoms with Gasteiger partial charge in [0.1, 0.15) is 5.70 Å². The molecule has 148 valence electrons. The minimum atomic E-state index is -0.248. The van der Waals surface area contributed by atoms with E-state index in [0.717, 1.165) is 50.6 Å². The Morgan fingerprint density at radius 2 is 1.79 bits per heavy atom. The number of carbonyl (C=O) groups excluding carboxylic acids is 2. The monoisotopic (exact) mass is 380 g/mol. The van der Waals surface area contributed by atoms with Crippen LogP contribution in [-0.4, -0.2) is 47.6 Å². The number of fused-ring (bicyclic) bond motifs is 2. The van der Waals surface area contributed by atoms with Crippen LogP contribution < -0.4 is 10.6 Å². The van der Waals surface area contributed by atoms with Crippen LogP contribution in [0.5, 0.6) is 0 Å². The molecule has 1 heterocycles. The van der Waals surface area contributed by atoms with Crippen molar-refractivity contribution in [2.24, 2.45) is 4.99 Å². The zero-order chi connectivity index (χ0) is 19.8. The van der Waals surface area contributed by atoms with E-state index in [0.29, 0.717) is 11.3 Å². The van der Waals surface area contributed by atoms with Crippen LogP contribution in [0, 0.1) is 6.92 Å². The SMILES string of the molecule is Cc1cccc(C(=O)NC23CCCC(NC(=O)C4=CN(C)CC=N4)(CC2)C3)c1. The fourth-order valence-electron chi connectivity index (χ4n) is 4.92. The molecule has 0 saturated heterocycles. The molecule has 2 atom stereocenters. The molecule has 1 aliphatic heterocycles. The van der Waals surface area contributed by atoms with Gasteiger partial charge in [-0.2, -0.15) is 0 Å². The second-order valence-electron chi connectivity index (χ2n) is 8.63. The second kappa shape index (κ2) is 7.08. The van der Waals surface area contributed by atoms with E-state index in [1.807, 2.05) is 43.1 Å². The normalized spacial score (nSPS) is 28.6. The Hall–Kier alpha value is -2.63. The fraction of sp³-hybridized carbons (Fsp3) is 0.500. The summed E-state index contributed by atoms with van der Waals surface area (Å²) in [6.07, 6.45) is 9.03. The van der Waals surface area contributed by atoms with Gasteiger partial charge in [-0.05, 0) is 57.6 Å². The van der Waals surface area contributed by atoms with Gasteiger partial charge in [-0.3, -0.25) is 14.6 Å². The van der Waals surface area contributed by atoms with E-state index in [1.54, 1.807) is 12.4 Å². The highest BCUT2D eigenvalue weighted by atomic mass is 16.2. The van der Waals surface area contributed by atoms with E-state index in [-0.39, 0.29) is 22.9 Å². The summed E-state index contributed by atoms with van der Waals surface area (Å²) in [6, 6.07) is 7.68. The van der Waals surface area contributed by atoms with Gasteiger partial charge >= 0.3 is 0 Å². The van der Waals surface area contributed by atoms with Gasteiger partial charge in [-0.15, -0.1) is 0 Å². The highest BCUT2D eigenvalue weighted by Gasteiger charge is 2.52. The summed E-state index contributed by atoms with van der Waals surface area (Å²) in [6.45, 7) is 2.71. The molecular weight excluding hydrogens is 352 g/mol. The zero-order valence-electron chi connectivity index (χ0n) is 16.6. The molecule has 2 aliphatic carbocycles. The molecule has 4 rings (SSSR count). The van der Waals surface area contributed by atoms with Gasteiger partial charge in [-0.1, -0.05) is 17.7 Å². The van der Waals surface area contributed by atoms with Crippen molar-refractivity contribution < 1.29 is 9.59 Å². The molecule has 2 N–H and O–H groups in total. The molecule has 0 radical (unpaired) electrons. The summed E-state index contributed by atoms with van der Waals surface area (Å²) in [5, 5.41) is 6.57. The standard InChI is InChI=1S/C22H28N4O2/c1-16-5-3-6-17(13-16)19(27)24-21-7-4-8-22(15-21,10-9-21)25-20(28)18-14-26(2)12-11-23-18/h3,5-6,11,13-14H,4,7-10,12,15H2,1-2H3,(H,24,27)(H,25,28). The Morgan fingerprint density at radius 1 is 1.07 bits per heavy atom. The maximum Gasteiger partial charge on any atom is 0.271 e. The minimum Gasteiger partial charge on any atom is -0.373 e. The molecule has 2 saturated carbocycles. The first-order valence-corrected chi connectivity index (χ1v) is 10.1. The quantitative estimate of drug-likeness (QED) is 0.843. The Morgan fingerprint density at radius 3 is 2.46 bits per heavy atom. The average Bonchev–Trinajstić information content (AvgIpc) is 2.91. The molecule has 1 aromatic rings. The summed E-state index contributed by atoms with van der Waals surface area (Å²) in [4.78, 5) is 31.8. The molecule has 2 bridgehead atoms. The van der Waals surface area contributed by atoms with Gasteiger partial charge in [0, 0.05) is 36.1 Å². The largest absolute Gasteiger partial charge is 0.373 e. The minimum absolute atomic E-state index is 0.0195. The van der Waals surface area contributed by atoms with Crippen molar-refractivity contribution in [2.45, 2.75) is 56.5 Å². The summed E-state index contributed by atoms with van der Waals surface area (Å²) >= 11 is 0. The van der Waals surface area contributed by atoms with E-state index in [1.165, 1.54) is 0 Å². The Labute approximate surface area is 166 Å². The van der Waals surface area contributed by atoms with Crippen molar-refractivity contribution in [3.8, 4) is 0 Å². The van der Waals surface area contributed by atoms with Gasteiger partial charge in [0.2, 0.25) is 0 Å². The molecule has 6 heteroatoms. The molecule has 2 fully saturated rings. The molecule has 2 amide bonds. The van der Waals surface area contributed by atoms with E-state index in [2.05, 4.69) is 15.6 Å². The zero-order valence-corrected chi connectivity index (χ0v) is 16.6. The Balaban J connectivity index is 1.46. The molecule has 2 unspecified atom stereocenters. The van der Waals surface area contributed by atoms with Gasteiger partial charge in [0.05, 0.1) is 6.54 Å². The maximum atomic E-state index is 12.8. The number of aryl methyl sites for hydroxylation is 1. The Kier molecular flexibility index (Phi) is 4.73. The van der Waals surface area contributed by atoms with E-state index in [4.69, 9.17) is 0 Å². The topological polar surface area (TPSA) is 73.8 Å². The molecular formula is C22H28N4O2. The van der Waals surface area contributed by atoms with E-state index >= 15 is 0 Å². The van der Waals surface area contributed by atoms with Crippen molar-refractivity contribution in [1.29, 1.82) is 0 Å². The van der Waals surface area contributed by atoms with Crippen molar-refractivity contribution >= 4 is 18.0 Å². The third kappa shape index (κ3) is 3.68. The van der Waals surface area contributed by atoms with Crippen LogP contribution in [0.15, 0.2) is 41.2 Å². The second-order valence-corrected chi connectivity index (χ2v) is 8.63. The van der Waals surface area contributed by atoms with Crippen molar-refractivity contribution in [1.82, 2.24) is 15.5 Å². The van der Waals surface area contributed by atoms with Gasteiger partial charge in [-0.25, -0.2) is 0 Å². The van der Waals surface area contributed by atoms with Crippen LogP contribution in [0.25, 0.3) is 0 Å². The van der Waals surface area contributed by atoms with Crippen molar-refractivity contribution in [2.75, 3.05) is 13.6 Å². The first-order chi connectivity index (χ1) is 13.4. The number of benzene rings is 1. The predicted molar refractivity (Wildman–Crippen MR) is 109 cm³/mol. The fourth-order valence-corrected chi connectivity index (χ4v) is 4.92. The first kappa shape index (κ1) is 18.7. The lowest BCUT2D eigenvalue weighted by Crippen LogP contribution is -2.55. The molecule has 3 aliphatic rings. The van der Waals surface area contributed by atoms with Crippen LogP contribution in [0.2, 0.25) is 0 Å². The number of hydrogen-bond acceptors (Lipinski definition) is 4. The molecule has 1 aromatic carbocycles. The van der Waals surface area contributed by atoms with Crippen LogP contribution in [0.1, 0.15) is 54.4 Å². The number of carbonyl (C=O) groups is 2. The lowest BCUT2D eigenvalue weighted by Gasteiger charge is -2.40. The number of aliphatic imine (C=N–C) groups is 1. The summed E-state index contributed by atoms with van der Waals surface area (Å²) in [5.74, 6) is -0.139. The number of rotatable bonds is 4. The summed E-state index contributed by atoms with van der Waals surface area (Å²) < 4.78 is 0.